The van der Waals surface area contributed by atoms with Gasteiger partial charge in [0.2, 0.25) is 0 Å². The molecule has 0 spiro atoms. The van der Waals surface area contributed by atoms with E-state index in [1.54, 1.807) is 0 Å². The summed E-state index contributed by atoms with van der Waals surface area (Å²) in [6, 6.07) is 3.89. The summed E-state index contributed by atoms with van der Waals surface area (Å²) in [5.74, 6) is 0. The Hall–Kier alpha value is -1.38. The SMILES string of the molecule is C=C(C)CCC(C)=C(F)F.CC.c1cc[nH]c1. The Labute approximate surface area is 103 Å². The quantitative estimate of drug-likeness (QED) is 0.669. The van der Waals surface area contributed by atoms with E-state index in [1.165, 1.54) is 6.92 Å². The third kappa shape index (κ3) is 14.6. The average molecular weight is 243 g/mol. The Bertz CT molecular complexity index is 279. The van der Waals surface area contributed by atoms with E-state index in [0.29, 0.717) is 12.8 Å². The highest BCUT2D eigenvalue weighted by Crippen LogP contribution is 2.14. The Morgan fingerprint density at radius 1 is 1.06 bits per heavy atom. The van der Waals surface area contributed by atoms with Crippen LogP contribution in [0.3, 0.4) is 0 Å². The molecule has 0 radical (unpaired) electrons. The highest BCUT2D eigenvalue weighted by Gasteiger charge is 1.98. The van der Waals surface area contributed by atoms with Gasteiger partial charge in [-0.25, -0.2) is 0 Å². The van der Waals surface area contributed by atoms with Crippen LogP contribution in [0.5, 0.6) is 0 Å². The summed E-state index contributed by atoms with van der Waals surface area (Å²) in [6.07, 6.45) is 3.28. The molecule has 0 saturated carbocycles. The molecular weight excluding hydrogens is 220 g/mol. The number of aromatic nitrogens is 1. The predicted octanol–water partition coefficient (Wildman–Crippen LogP) is 5.55. The second kappa shape index (κ2) is 12.7. The van der Waals surface area contributed by atoms with Gasteiger partial charge in [0.15, 0.2) is 0 Å². The van der Waals surface area contributed by atoms with Crippen molar-refractivity contribution in [1.82, 2.24) is 4.98 Å². The van der Waals surface area contributed by atoms with Crippen molar-refractivity contribution in [2.24, 2.45) is 0 Å². The van der Waals surface area contributed by atoms with Crippen molar-refractivity contribution in [3.63, 3.8) is 0 Å². The molecule has 17 heavy (non-hydrogen) atoms. The topological polar surface area (TPSA) is 15.8 Å². The first-order valence-electron chi connectivity index (χ1n) is 5.77. The van der Waals surface area contributed by atoms with Crippen LogP contribution in [0.1, 0.15) is 40.5 Å². The molecule has 0 aromatic carbocycles. The zero-order chi connectivity index (χ0) is 13.7. The van der Waals surface area contributed by atoms with Crippen molar-refractivity contribution < 1.29 is 8.78 Å². The average Bonchev–Trinajstić information content (AvgIpc) is 2.87. The number of halogens is 2. The Morgan fingerprint density at radius 2 is 1.53 bits per heavy atom. The Morgan fingerprint density at radius 3 is 1.76 bits per heavy atom. The van der Waals surface area contributed by atoms with Crippen LogP contribution in [0.15, 0.2) is 48.3 Å². The van der Waals surface area contributed by atoms with Gasteiger partial charge >= 0.3 is 0 Å². The van der Waals surface area contributed by atoms with E-state index in [4.69, 9.17) is 0 Å². The van der Waals surface area contributed by atoms with Crippen LogP contribution in [0.4, 0.5) is 8.78 Å². The minimum atomic E-state index is -1.55. The molecule has 0 amide bonds. The summed E-state index contributed by atoms with van der Waals surface area (Å²) in [4.78, 5) is 2.86. The second-order valence-electron chi connectivity index (χ2n) is 3.38. The van der Waals surface area contributed by atoms with Crippen molar-refractivity contribution in [3.8, 4) is 0 Å². The number of rotatable bonds is 3. The zero-order valence-corrected chi connectivity index (χ0v) is 11.2. The Balaban J connectivity index is 0. The van der Waals surface area contributed by atoms with E-state index >= 15 is 0 Å². The number of allylic oxidation sites excluding steroid dienone is 2. The first kappa shape index (κ1) is 18.0. The lowest BCUT2D eigenvalue weighted by molar-refractivity contribution is 0.408. The molecule has 0 aliphatic rings. The second-order valence-corrected chi connectivity index (χ2v) is 3.38. The third-order valence-corrected chi connectivity index (χ3v) is 1.75. The van der Waals surface area contributed by atoms with Gasteiger partial charge in [-0.15, -0.1) is 6.58 Å². The standard InChI is InChI=1S/C8H12F2.C4H5N.C2H6/c1-6(2)4-5-7(3)8(9)10;1-2-4-5-3-1;1-2/h1,4-5H2,2-3H3;1-5H;1-2H3. The van der Waals surface area contributed by atoms with Crippen LogP contribution >= 0.6 is 0 Å². The molecule has 1 heterocycles. The van der Waals surface area contributed by atoms with Crippen molar-refractivity contribution in [2.75, 3.05) is 0 Å². The molecule has 1 rings (SSSR count). The van der Waals surface area contributed by atoms with Crippen LogP contribution in [0.25, 0.3) is 0 Å². The lowest BCUT2D eigenvalue weighted by atomic mass is 10.1. The molecule has 0 atom stereocenters. The molecule has 1 N–H and O–H groups in total. The van der Waals surface area contributed by atoms with E-state index in [-0.39, 0.29) is 5.57 Å². The summed E-state index contributed by atoms with van der Waals surface area (Å²) in [7, 11) is 0. The highest BCUT2D eigenvalue weighted by molar-refractivity contribution is 5.02. The van der Waals surface area contributed by atoms with Crippen molar-refractivity contribution in [1.29, 1.82) is 0 Å². The minimum Gasteiger partial charge on any atom is -0.368 e. The lowest BCUT2D eigenvalue weighted by Crippen LogP contribution is -1.80. The largest absolute Gasteiger partial charge is 0.368 e. The fourth-order valence-electron chi connectivity index (χ4n) is 0.773. The van der Waals surface area contributed by atoms with E-state index in [0.717, 1.165) is 5.57 Å². The summed E-state index contributed by atoms with van der Waals surface area (Å²) in [6.45, 7) is 10.9. The summed E-state index contributed by atoms with van der Waals surface area (Å²) < 4.78 is 23.5. The van der Waals surface area contributed by atoms with E-state index in [1.807, 2.05) is 45.3 Å². The van der Waals surface area contributed by atoms with Gasteiger partial charge in [0.05, 0.1) is 0 Å². The van der Waals surface area contributed by atoms with Gasteiger partial charge in [-0.1, -0.05) is 19.4 Å². The minimum absolute atomic E-state index is 0.169. The molecule has 1 aromatic heterocycles. The molecule has 0 aliphatic carbocycles. The number of aromatic amines is 1. The van der Waals surface area contributed by atoms with E-state index in [2.05, 4.69) is 11.6 Å². The Kier molecular flexibility index (Phi) is 13.4. The van der Waals surface area contributed by atoms with E-state index in [9.17, 15) is 8.78 Å². The summed E-state index contributed by atoms with van der Waals surface area (Å²) >= 11 is 0. The maximum atomic E-state index is 11.7. The van der Waals surface area contributed by atoms with Crippen molar-refractivity contribution in [2.45, 2.75) is 40.5 Å². The molecule has 0 aliphatic heterocycles. The maximum Gasteiger partial charge on any atom is 0.269 e. The molecule has 0 saturated heterocycles. The summed E-state index contributed by atoms with van der Waals surface area (Å²) in [5.41, 5.74) is 1.11. The van der Waals surface area contributed by atoms with Gasteiger partial charge in [-0.2, -0.15) is 8.78 Å². The van der Waals surface area contributed by atoms with Gasteiger partial charge in [0.1, 0.15) is 0 Å². The van der Waals surface area contributed by atoms with Crippen LogP contribution in [-0.4, -0.2) is 4.98 Å². The predicted molar refractivity (Wildman–Crippen MR) is 71.1 cm³/mol. The molecule has 1 aromatic rings. The highest BCUT2D eigenvalue weighted by atomic mass is 19.3. The molecule has 0 unspecified atom stereocenters. The van der Waals surface area contributed by atoms with Crippen LogP contribution in [0.2, 0.25) is 0 Å². The van der Waals surface area contributed by atoms with Crippen LogP contribution in [-0.2, 0) is 0 Å². The fraction of sp³-hybridized carbons (Fsp3) is 0.429. The van der Waals surface area contributed by atoms with Gasteiger partial charge in [-0.3, -0.25) is 0 Å². The van der Waals surface area contributed by atoms with Crippen LogP contribution < -0.4 is 0 Å². The van der Waals surface area contributed by atoms with Crippen molar-refractivity contribution in [3.05, 3.63) is 48.3 Å². The van der Waals surface area contributed by atoms with Gasteiger partial charge in [-0.05, 0) is 44.4 Å². The smallest absolute Gasteiger partial charge is 0.269 e. The molecule has 1 nitrogen and oxygen atoms in total. The van der Waals surface area contributed by atoms with Gasteiger partial charge < -0.3 is 4.98 Å². The molecule has 3 heteroatoms. The third-order valence-electron chi connectivity index (χ3n) is 1.75. The molecule has 0 fully saturated rings. The fourth-order valence-corrected chi connectivity index (χ4v) is 0.773. The first-order valence-corrected chi connectivity index (χ1v) is 5.77. The number of H-pyrrole nitrogens is 1. The van der Waals surface area contributed by atoms with E-state index < -0.39 is 6.08 Å². The maximum absolute atomic E-state index is 11.7. The van der Waals surface area contributed by atoms with Gasteiger partial charge in [0, 0.05) is 12.4 Å². The molecule has 0 bridgehead atoms. The van der Waals surface area contributed by atoms with Crippen molar-refractivity contribution >= 4 is 0 Å². The lowest BCUT2D eigenvalue weighted by Gasteiger charge is -1.97. The number of hydrogen-bond acceptors (Lipinski definition) is 0. The first-order chi connectivity index (χ1) is 8.04. The molecular formula is C14H23F2N. The number of hydrogen-bond donors (Lipinski definition) is 1. The zero-order valence-electron chi connectivity index (χ0n) is 11.2. The monoisotopic (exact) mass is 243 g/mol. The normalized spacial score (nSPS) is 8.12. The van der Waals surface area contributed by atoms with Gasteiger partial charge in [0.25, 0.3) is 6.08 Å². The molecule has 98 valence electrons. The summed E-state index contributed by atoms with van der Waals surface area (Å²) in [5, 5.41) is 0. The van der Waals surface area contributed by atoms with Crippen LogP contribution in [0, 0.1) is 0 Å². The number of nitrogens with one attached hydrogen (secondary N) is 1.